The number of carbonyl (C=O) groups is 1. The van der Waals surface area contributed by atoms with E-state index in [0.717, 1.165) is 29.7 Å². The van der Waals surface area contributed by atoms with Crippen LogP contribution in [0.1, 0.15) is 21.7 Å². The zero-order valence-corrected chi connectivity index (χ0v) is 15.6. The number of halogens is 2. The van der Waals surface area contributed by atoms with E-state index in [1.807, 2.05) is 30.3 Å². The van der Waals surface area contributed by atoms with Crippen LogP contribution in [0.4, 0.5) is 10.1 Å². The van der Waals surface area contributed by atoms with E-state index in [1.165, 1.54) is 23.8 Å². The molecule has 4 nitrogen and oxygen atoms in total. The van der Waals surface area contributed by atoms with Gasteiger partial charge in [0.1, 0.15) is 11.6 Å². The highest BCUT2D eigenvalue weighted by Crippen LogP contribution is 2.20. The van der Waals surface area contributed by atoms with Gasteiger partial charge in [-0.25, -0.2) is 9.37 Å². The number of rotatable bonds is 5. The second-order valence-electron chi connectivity index (χ2n) is 6.48. The van der Waals surface area contributed by atoms with Gasteiger partial charge in [0.2, 0.25) is 0 Å². The van der Waals surface area contributed by atoms with Crippen LogP contribution in [0.2, 0.25) is 5.02 Å². The molecule has 0 aliphatic carbocycles. The van der Waals surface area contributed by atoms with E-state index in [1.54, 1.807) is 6.07 Å². The van der Waals surface area contributed by atoms with E-state index in [-0.39, 0.29) is 10.9 Å². The van der Waals surface area contributed by atoms with E-state index in [2.05, 4.69) is 27.4 Å². The molecule has 0 aliphatic heterocycles. The number of aromatic nitrogens is 2. The molecule has 2 N–H and O–H groups in total. The summed E-state index contributed by atoms with van der Waals surface area (Å²) in [5, 5.41) is 2.71. The predicted octanol–water partition coefficient (Wildman–Crippen LogP) is 5.39. The number of benzene rings is 3. The van der Waals surface area contributed by atoms with Crippen LogP contribution < -0.4 is 5.32 Å². The van der Waals surface area contributed by atoms with Crippen LogP contribution in [0.25, 0.3) is 11.0 Å². The van der Waals surface area contributed by atoms with Gasteiger partial charge in [0.15, 0.2) is 0 Å². The Labute approximate surface area is 166 Å². The minimum atomic E-state index is -0.555. The van der Waals surface area contributed by atoms with Crippen LogP contribution in [0.3, 0.4) is 0 Å². The van der Waals surface area contributed by atoms with E-state index < -0.39 is 5.82 Å². The van der Waals surface area contributed by atoms with Gasteiger partial charge < -0.3 is 10.3 Å². The molecule has 6 heteroatoms. The molecule has 28 heavy (non-hydrogen) atoms. The van der Waals surface area contributed by atoms with E-state index >= 15 is 0 Å². The Morgan fingerprint density at radius 2 is 1.86 bits per heavy atom. The highest BCUT2D eigenvalue weighted by atomic mass is 35.5. The average molecular weight is 394 g/mol. The van der Waals surface area contributed by atoms with Crippen LogP contribution in [-0.2, 0) is 12.8 Å². The molecule has 0 radical (unpaired) electrons. The summed E-state index contributed by atoms with van der Waals surface area (Å²) in [6, 6.07) is 19.6. The summed E-state index contributed by atoms with van der Waals surface area (Å²) in [6.45, 7) is 0. The van der Waals surface area contributed by atoms with Crippen LogP contribution in [0.5, 0.6) is 0 Å². The quantitative estimate of drug-likeness (QED) is 0.477. The molecule has 4 rings (SSSR count). The lowest BCUT2D eigenvalue weighted by atomic mass is 10.1. The molecular weight excluding hydrogens is 377 g/mol. The summed E-state index contributed by atoms with van der Waals surface area (Å²) < 4.78 is 13.3. The maximum atomic E-state index is 13.3. The lowest BCUT2D eigenvalue weighted by molar-refractivity contribution is 0.102. The first-order valence-electron chi connectivity index (χ1n) is 8.87. The number of nitrogens with zero attached hydrogens (tertiary/aromatic N) is 1. The zero-order valence-electron chi connectivity index (χ0n) is 14.9. The maximum absolute atomic E-state index is 13.3. The van der Waals surface area contributed by atoms with E-state index in [0.29, 0.717) is 11.3 Å². The third-order valence-corrected chi connectivity index (χ3v) is 4.75. The standard InChI is InChI=1S/C22H17ClFN3O/c23-17-12-15(7-9-18(17)24)22(28)25-16-8-10-19-20(13-16)27-21(26-19)11-6-14-4-2-1-3-5-14/h1-5,7-10,12-13H,6,11H2,(H,25,28)(H,26,27). The number of fused-ring (bicyclic) bond motifs is 1. The minimum Gasteiger partial charge on any atom is -0.342 e. The van der Waals surface area contributed by atoms with Crippen molar-refractivity contribution in [1.29, 1.82) is 0 Å². The first kappa shape index (κ1) is 18.2. The molecule has 0 spiro atoms. The molecule has 0 aliphatic rings. The monoisotopic (exact) mass is 393 g/mol. The molecule has 0 atom stereocenters. The Kier molecular flexibility index (Phi) is 5.08. The van der Waals surface area contributed by atoms with Gasteiger partial charge >= 0.3 is 0 Å². The molecule has 0 fully saturated rings. The zero-order chi connectivity index (χ0) is 19.5. The summed E-state index contributed by atoms with van der Waals surface area (Å²) in [5.41, 5.74) is 3.86. The fourth-order valence-corrected chi connectivity index (χ4v) is 3.19. The highest BCUT2D eigenvalue weighted by molar-refractivity contribution is 6.31. The molecule has 140 valence electrons. The van der Waals surface area contributed by atoms with Crippen molar-refractivity contribution in [2.75, 3.05) is 5.32 Å². The molecule has 0 bridgehead atoms. The molecule has 1 heterocycles. The van der Waals surface area contributed by atoms with Gasteiger partial charge in [-0.05, 0) is 48.4 Å². The van der Waals surface area contributed by atoms with E-state index in [9.17, 15) is 9.18 Å². The summed E-state index contributed by atoms with van der Waals surface area (Å²) in [7, 11) is 0. The Morgan fingerprint density at radius 3 is 2.64 bits per heavy atom. The predicted molar refractivity (Wildman–Crippen MR) is 109 cm³/mol. The van der Waals surface area contributed by atoms with Crippen molar-refractivity contribution in [3.05, 3.63) is 94.5 Å². The lowest BCUT2D eigenvalue weighted by Gasteiger charge is -2.06. The van der Waals surface area contributed by atoms with Crippen molar-refractivity contribution in [2.45, 2.75) is 12.8 Å². The molecule has 0 unspecified atom stereocenters. The number of imidazole rings is 1. The molecule has 1 amide bonds. The van der Waals surface area contributed by atoms with Gasteiger partial charge in [0.25, 0.3) is 5.91 Å². The van der Waals surface area contributed by atoms with E-state index in [4.69, 9.17) is 11.6 Å². The largest absolute Gasteiger partial charge is 0.342 e. The van der Waals surface area contributed by atoms with Crippen molar-refractivity contribution >= 4 is 34.2 Å². The first-order chi connectivity index (χ1) is 13.6. The second kappa shape index (κ2) is 7.82. The van der Waals surface area contributed by atoms with Gasteiger partial charge in [-0.15, -0.1) is 0 Å². The number of hydrogen-bond acceptors (Lipinski definition) is 2. The Morgan fingerprint density at radius 1 is 1.04 bits per heavy atom. The number of anilines is 1. The number of carbonyl (C=O) groups excluding carboxylic acids is 1. The van der Waals surface area contributed by atoms with Crippen molar-refractivity contribution in [3.63, 3.8) is 0 Å². The van der Waals surface area contributed by atoms with Gasteiger partial charge in [-0.2, -0.15) is 0 Å². The topological polar surface area (TPSA) is 57.8 Å². The molecular formula is C22H17ClFN3O. The summed E-state index contributed by atoms with van der Waals surface area (Å²) in [6.07, 6.45) is 1.70. The third-order valence-electron chi connectivity index (χ3n) is 4.46. The van der Waals surface area contributed by atoms with Crippen molar-refractivity contribution in [2.24, 2.45) is 0 Å². The Balaban J connectivity index is 1.48. The van der Waals surface area contributed by atoms with Crippen LogP contribution in [0, 0.1) is 5.82 Å². The number of aryl methyl sites for hydroxylation is 2. The lowest BCUT2D eigenvalue weighted by Crippen LogP contribution is -2.11. The molecule has 0 saturated carbocycles. The van der Waals surface area contributed by atoms with Gasteiger partial charge in [-0.3, -0.25) is 4.79 Å². The minimum absolute atomic E-state index is 0.0836. The normalized spacial score (nSPS) is 10.9. The van der Waals surface area contributed by atoms with Crippen LogP contribution in [0.15, 0.2) is 66.7 Å². The number of amides is 1. The second-order valence-corrected chi connectivity index (χ2v) is 6.89. The van der Waals surface area contributed by atoms with Crippen molar-refractivity contribution in [1.82, 2.24) is 9.97 Å². The van der Waals surface area contributed by atoms with Crippen molar-refractivity contribution in [3.8, 4) is 0 Å². The first-order valence-corrected chi connectivity index (χ1v) is 9.25. The molecule has 4 aromatic rings. The highest BCUT2D eigenvalue weighted by Gasteiger charge is 2.10. The van der Waals surface area contributed by atoms with Gasteiger partial charge in [0.05, 0.1) is 16.1 Å². The van der Waals surface area contributed by atoms with Gasteiger partial charge in [-0.1, -0.05) is 41.9 Å². The number of nitrogens with one attached hydrogen (secondary N) is 2. The molecule has 3 aromatic carbocycles. The van der Waals surface area contributed by atoms with Crippen molar-refractivity contribution < 1.29 is 9.18 Å². The number of H-pyrrole nitrogens is 1. The average Bonchev–Trinajstić information content (AvgIpc) is 3.11. The SMILES string of the molecule is O=C(Nc1ccc2nc(CCc3ccccc3)[nH]c2c1)c1ccc(F)c(Cl)c1. The van der Waals surface area contributed by atoms with Crippen LogP contribution >= 0.6 is 11.6 Å². The summed E-state index contributed by atoms with van der Waals surface area (Å²) in [5.74, 6) is -0.0159. The Bertz CT molecular complexity index is 1140. The fourth-order valence-electron chi connectivity index (χ4n) is 3.01. The van der Waals surface area contributed by atoms with Gasteiger partial charge in [0, 0.05) is 17.7 Å². The number of aromatic amines is 1. The smallest absolute Gasteiger partial charge is 0.255 e. The maximum Gasteiger partial charge on any atom is 0.255 e. The fraction of sp³-hybridized carbons (Fsp3) is 0.0909. The van der Waals surface area contributed by atoms with Crippen LogP contribution in [-0.4, -0.2) is 15.9 Å². The molecule has 0 saturated heterocycles. The third kappa shape index (κ3) is 4.05. The molecule has 1 aromatic heterocycles. The summed E-state index contributed by atoms with van der Waals surface area (Å²) >= 11 is 5.75. The Hall–Kier alpha value is -3.18. The number of hydrogen-bond donors (Lipinski definition) is 2. The summed E-state index contributed by atoms with van der Waals surface area (Å²) in [4.78, 5) is 20.3.